The molecule has 0 heterocycles. The maximum atomic E-state index is 11.4. The van der Waals surface area contributed by atoms with E-state index in [0.717, 1.165) is 6.26 Å². The summed E-state index contributed by atoms with van der Waals surface area (Å²) in [5, 5.41) is 0. The second kappa shape index (κ2) is 4.35. The fourth-order valence-electron chi connectivity index (χ4n) is 0.896. The lowest BCUT2D eigenvalue weighted by molar-refractivity contribution is 0.0981. The Labute approximate surface area is 101 Å². The number of nitrogens with two attached hydrogens (primary N) is 1. The van der Waals surface area contributed by atoms with Crippen molar-refractivity contribution in [2.75, 3.05) is 12.0 Å². The molecule has 0 aliphatic carbocycles. The highest BCUT2D eigenvalue weighted by atomic mass is 127. The number of nitrogen functional groups attached to an aromatic ring is 1. The zero-order valence-electron chi connectivity index (χ0n) is 7.82. The first-order valence-electron chi connectivity index (χ1n) is 3.87. The van der Waals surface area contributed by atoms with Crippen LogP contribution in [0.2, 0.25) is 0 Å². The lowest BCUT2D eigenvalue weighted by Crippen LogP contribution is -2.29. The van der Waals surface area contributed by atoms with Crippen LogP contribution < -0.4 is 10.5 Å². The average Bonchev–Trinajstić information content (AvgIpc) is 2.06. The van der Waals surface area contributed by atoms with Gasteiger partial charge in [0.05, 0.1) is 6.26 Å². The van der Waals surface area contributed by atoms with Crippen LogP contribution in [0.1, 0.15) is 10.4 Å². The Morgan fingerprint density at radius 3 is 2.53 bits per heavy atom. The first-order valence-corrected chi connectivity index (χ1v) is 6.84. The molecule has 1 amide bonds. The van der Waals surface area contributed by atoms with Gasteiger partial charge < -0.3 is 5.73 Å². The highest BCUT2D eigenvalue weighted by Gasteiger charge is 2.11. The van der Waals surface area contributed by atoms with Gasteiger partial charge in [-0.25, -0.2) is 13.1 Å². The molecule has 82 valence electrons. The first-order chi connectivity index (χ1) is 6.79. The van der Waals surface area contributed by atoms with Crippen molar-refractivity contribution >= 4 is 44.2 Å². The van der Waals surface area contributed by atoms with Crippen molar-refractivity contribution in [2.45, 2.75) is 0 Å². The van der Waals surface area contributed by atoms with Crippen molar-refractivity contribution in [2.24, 2.45) is 0 Å². The molecule has 0 saturated carbocycles. The van der Waals surface area contributed by atoms with Crippen LogP contribution in [0, 0.1) is 3.57 Å². The summed E-state index contributed by atoms with van der Waals surface area (Å²) in [7, 11) is -3.53. The van der Waals surface area contributed by atoms with Crippen LogP contribution in [0.5, 0.6) is 0 Å². The number of hydrogen-bond donors (Lipinski definition) is 2. The van der Waals surface area contributed by atoms with E-state index in [0.29, 0.717) is 9.26 Å². The van der Waals surface area contributed by atoms with Crippen LogP contribution in [-0.2, 0) is 10.0 Å². The molecule has 0 aliphatic rings. The smallest absolute Gasteiger partial charge is 0.264 e. The minimum atomic E-state index is -3.53. The minimum absolute atomic E-state index is 0.263. The van der Waals surface area contributed by atoms with Gasteiger partial charge >= 0.3 is 0 Å². The van der Waals surface area contributed by atoms with Crippen molar-refractivity contribution < 1.29 is 13.2 Å². The minimum Gasteiger partial charge on any atom is -0.398 e. The van der Waals surface area contributed by atoms with E-state index >= 15 is 0 Å². The molecule has 5 nitrogen and oxygen atoms in total. The van der Waals surface area contributed by atoms with E-state index in [1.54, 1.807) is 6.07 Å². The molecule has 1 rings (SSSR count). The summed E-state index contributed by atoms with van der Waals surface area (Å²) in [5.41, 5.74) is 6.37. The SMILES string of the molecule is CS(=O)(=O)NC(=O)c1ccc(N)c(I)c1. The zero-order chi connectivity index (χ0) is 11.6. The maximum absolute atomic E-state index is 11.4. The van der Waals surface area contributed by atoms with Crippen LogP contribution in [0.15, 0.2) is 18.2 Å². The molecule has 0 fully saturated rings. The van der Waals surface area contributed by atoms with Gasteiger partial charge in [-0.3, -0.25) is 4.79 Å². The normalized spacial score (nSPS) is 11.1. The summed E-state index contributed by atoms with van der Waals surface area (Å²) in [6, 6.07) is 4.55. The van der Waals surface area contributed by atoms with Crippen molar-refractivity contribution in [3.8, 4) is 0 Å². The highest BCUT2D eigenvalue weighted by molar-refractivity contribution is 14.1. The second-order valence-electron chi connectivity index (χ2n) is 2.94. The standard InChI is InChI=1S/C8H9IN2O3S/c1-15(13,14)11-8(12)5-2-3-7(10)6(9)4-5/h2-4H,10H2,1H3,(H,11,12). The number of halogens is 1. The van der Waals surface area contributed by atoms with Gasteiger partial charge in [-0.2, -0.15) is 0 Å². The molecule has 0 radical (unpaired) electrons. The molecule has 7 heteroatoms. The molecule has 0 aromatic heterocycles. The summed E-state index contributed by atoms with van der Waals surface area (Å²) >= 11 is 1.97. The molecule has 0 aliphatic heterocycles. The zero-order valence-corrected chi connectivity index (χ0v) is 10.8. The monoisotopic (exact) mass is 340 g/mol. The molecule has 0 saturated heterocycles. The van der Waals surface area contributed by atoms with E-state index in [2.05, 4.69) is 0 Å². The predicted octanol–water partition coefficient (Wildman–Crippen LogP) is 0.563. The van der Waals surface area contributed by atoms with Gasteiger partial charge in [-0.15, -0.1) is 0 Å². The summed E-state index contributed by atoms with van der Waals surface area (Å²) in [5.74, 6) is -0.657. The van der Waals surface area contributed by atoms with Gasteiger partial charge in [0.15, 0.2) is 0 Å². The molecule has 1 aromatic rings. The van der Waals surface area contributed by atoms with Crippen molar-refractivity contribution in [1.82, 2.24) is 4.72 Å². The Morgan fingerprint density at radius 1 is 1.47 bits per heavy atom. The number of nitrogens with one attached hydrogen (secondary N) is 1. The number of carbonyl (C=O) groups excluding carboxylic acids is 1. The Kier molecular flexibility index (Phi) is 3.55. The number of anilines is 1. The van der Waals surface area contributed by atoms with Crippen LogP contribution in [0.3, 0.4) is 0 Å². The van der Waals surface area contributed by atoms with E-state index in [1.807, 2.05) is 27.3 Å². The maximum Gasteiger partial charge on any atom is 0.264 e. The predicted molar refractivity (Wildman–Crippen MR) is 65.9 cm³/mol. The third kappa shape index (κ3) is 3.67. The third-order valence-corrected chi connectivity index (χ3v) is 3.03. The molecule has 0 spiro atoms. The van der Waals surface area contributed by atoms with E-state index in [-0.39, 0.29) is 5.56 Å². The van der Waals surface area contributed by atoms with Crippen molar-refractivity contribution in [3.63, 3.8) is 0 Å². The van der Waals surface area contributed by atoms with Crippen molar-refractivity contribution in [1.29, 1.82) is 0 Å². The molecular formula is C8H9IN2O3S. The first kappa shape index (κ1) is 12.2. The molecule has 0 unspecified atom stereocenters. The molecule has 3 N–H and O–H groups in total. The number of hydrogen-bond acceptors (Lipinski definition) is 4. The van der Waals surface area contributed by atoms with Crippen LogP contribution in [0.25, 0.3) is 0 Å². The van der Waals surface area contributed by atoms with Gasteiger partial charge in [0.2, 0.25) is 10.0 Å². The molecule has 1 aromatic carbocycles. The number of sulfonamides is 1. The number of amides is 1. The van der Waals surface area contributed by atoms with Crippen LogP contribution >= 0.6 is 22.6 Å². The Morgan fingerprint density at radius 2 is 2.07 bits per heavy atom. The summed E-state index contributed by atoms with van der Waals surface area (Å²) in [6.07, 6.45) is 0.924. The van der Waals surface area contributed by atoms with Crippen molar-refractivity contribution in [3.05, 3.63) is 27.3 Å². The molecular weight excluding hydrogens is 331 g/mol. The Bertz CT molecular complexity index is 499. The van der Waals surface area contributed by atoms with Crippen LogP contribution in [-0.4, -0.2) is 20.6 Å². The lowest BCUT2D eigenvalue weighted by Gasteiger charge is -2.04. The second-order valence-corrected chi connectivity index (χ2v) is 5.85. The Hall–Kier alpha value is -0.830. The van der Waals surface area contributed by atoms with E-state index in [9.17, 15) is 13.2 Å². The fraction of sp³-hybridized carbons (Fsp3) is 0.125. The topological polar surface area (TPSA) is 89.3 Å². The summed E-state index contributed by atoms with van der Waals surface area (Å²) in [4.78, 5) is 11.4. The van der Waals surface area contributed by atoms with Gasteiger partial charge in [0.1, 0.15) is 0 Å². The summed E-state index contributed by atoms with van der Waals surface area (Å²) < 4.78 is 24.2. The molecule has 15 heavy (non-hydrogen) atoms. The van der Waals surface area contributed by atoms with Gasteiger partial charge in [0, 0.05) is 14.8 Å². The van der Waals surface area contributed by atoms with Gasteiger partial charge in [0.25, 0.3) is 5.91 Å². The average molecular weight is 340 g/mol. The quantitative estimate of drug-likeness (QED) is 0.608. The molecule has 0 atom stereocenters. The van der Waals surface area contributed by atoms with Crippen LogP contribution in [0.4, 0.5) is 5.69 Å². The van der Waals surface area contributed by atoms with E-state index in [1.165, 1.54) is 12.1 Å². The number of rotatable bonds is 2. The Balaban J connectivity index is 2.98. The highest BCUT2D eigenvalue weighted by Crippen LogP contribution is 2.16. The van der Waals surface area contributed by atoms with E-state index in [4.69, 9.17) is 5.73 Å². The summed E-state index contributed by atoms with van der Waals surface area (Å²) in [6.45, 7) is 0. The fourth-order valence-corrected chi connectivity index (χ4v) is 1.87. The molecule has 0 bridgehead atoms. The number of carbonyl (C=O) groups is 1. The van der Waals surface area contributed by atoms with E-state index < -0.39 is 15.9 Å². The third-order valence-electron chi connectivity index (χ3n) is 1.54. The van der Waals surface area contributed by atoms with Gasteiger partial charge in [-0.05, 0) is 40.8 Å². The number of benzene rings is 1. The largest absolute Gasteiger partial charge is 0.398 e. The van der Waals surface area contributed by atoms with Gasteiger partial charge in [-0.1, -0.05) is 0 Å². The lowest BCUT2D eigenvalue weighted by atomic mass is 10.2.